The molecule has 1 aromatic heterocycles. The molecule has 1 unspecified atom stereocenters. The lowest BCUT2D eigenvalue weighted by molar-refractivity contribution is 0.252. The summed E-state index contributed by atoms with van der Waals surface area (Å²) in [5, 5.41) is 11.5. The molecule has 31 heavy (non-hydrogen) atoms. The van der Waals surface area contributed by atoms with Crippen molar-refractivity contribution >= 4 is 29.9 Å². The molecule has 0 spiro atoms. The molecule has 1 aliphatic heterocycles. The Morgan fingerprint density at radius 2 is 1.97 bits per heavy atom. The van der Waals surface area contributed by atoms with Crippen LogP contribution in [0.1, 0.15) is 48.3 Å². The first kappa shape index (κ1) is 25.6. The third-order valence-corrected chi connectivity index (χ3v) is 6.01. The molecule has 172 valence electrons. The highest BCUT2D eigenvalue weighted by molar-refractivity contribution is 14.0. The predicted molar refractivity (Wildman–Crippen MR) is 140 cm³/mol. The first-order valence-corrected chi connectivity index (χ1v) is 11.3. The van der Waals surface area contributed by atoms with E-state index in [-0.39, 0.29) is 24.0 Å². The number of hydrogen-bond donors (Lipinski definition) is 2. The van der Waals surface area contributed by atoms with Crippen LogP contribution < -0.4 is 10.6 Å². The molecule has 1 atom stereocenters. The summed E-state index contributed by atoms with van der Waals surface area (Å²) in [5.74, 6) is 0.910. The molecule has 0 saturated carbocycles. The second-order valence-corrected chi connectivity index (χ2v) is 8.43. The number of benzene rings is 1. The highest BCUT2D eigenvalue weighted by Gasteiger charge is 2.16. The number of rotatable bonds is 8. The van der Waals surface area contributed by atoms with Crippen LogP contribution in [0.15, 0.2) is 29.3 Å². The van der Waals surface area contributed by atoms with Crippen LogP contribution in [0.25, 0.3) is 0 Å². The number of fused-ring (bicyclic) bond motifs is 1. The lowest BCUT2D eigenvalue weighted by atomic mass is 10.00. The second-order valence-electron chi connectivity index (χ2n) is 8.43. The van der Waals surface area contributed by atoms with Crippen molar-refractivity contribution in [2.75, 3.05) is 26.2 Å². The van der Waals surface area contributed by atoms with Crippen LogP contribution in [0, 0.1) is 13.8 Å². The minimum absolute atomic E-state index is 0. The van der Waals surface area contributed by atoms with Gasteiger partial charge in [0.25, 0.3) is 0 Å². The van der Waals surface area contributed by atoms with Gasteiger partial charge >= 0.3 is 0 Å². The Morgan fingerprint density at radius 3 is 2.65 bits per heavy atom. The Morgan fingerprint density at radius 1 is 1.23 bits per heavy atom. The monoisotopic (exact) mass is 538 g/mol. The topological polar surface area (TPSA) is 57.5 Å². The molecule has 0 saturated heterocycles. The van der Waals surface area contributed by atoms with E-state index in [1.165, 1.54) is 22.4 Å². The van der Waals surface area contributed by atoms with E-state index in [9.17, 15) is 0 Å². The lowest BCUT2D eigenvalue weighted by Gasteiger charge is -2.28. The summed E-state index contributed by atoms with van der Waals surface area (Å²) in [6, 6.07) is 9.12. The van der Waals surface area contributed by atoms with Gasteiger partial charge in [0.1, 0.15) is 0 Å². The van der Waals surface area contributed by atoms with Crippen molar-refractivity contribution in [3.8, 4) is 0 Å². The fourth-order valence-electron chi connectivity index (χ4n) is 4.25. The van der Waals surface area contributed by atoms with Crippen LogP contribution in [-0.2, 0) is 26.4 Å². The van der Waals surface area contributed by atoms with Crippen LogP contribution in [0.2, 0.25) is 0 Å². The summed E-state index contributed by atoms with van der Waals surface area (Å²) < 4.78 is 1.97. The van der Waals surface area contributed by atoms with E-state index in [2.05, 4.69) is 72.6 Å². The van der Waals surface area contributed by atoms with Crippen molar-refractivity contribution in [3.63, 3.8) is 0 Å². The number of hydrogen-bond acceptors (Lipinski definition) is 3. The van der Waals surface area contributed by atoms with Gasteiger partial charge in [-0.05, 0) is 63.6 Å². The average Bonchev–Trinajstić information content (AvgIpc) is 2.97. The highest BCUT2D eigenvalue weighted by atomic mass is 127. The summed E-state index contributed by atoms with van der Waals surface area (Å²) in [6.45, 7) is 13.6. The zero-order valence-corrected chi connectivity index (χ0v) is 22.1. The minimum Gasteiger partial charge on any atom is -0.357 e. The summed E-state index contributed by atoms with van der Waals surface area (Å²) in [4.78, 5) is 7.37. The molecular formula is C24H39IN6. The predicted octanol–water partition coefficient (Wildman–Crippen LogP) is 3.59. The van der Waals surface area contributed by atoms with Crippen LogP contribution >= 0.6 is 24.0 Å². The Bertz CT molecular complexity index is 860. The fourth-order valence-corrected chi connectivity index (χ4v) is 4.25. The van der Waals surface area contributed by atoms with E-state index in [4.69, 9.17) is 4.99 Å². The van der Waals surface area contributed by atoms with Crippen molar-refractivity contribution in [1.82, 2.24) is 25.3 Å². The van der Waals surface area contributed by atoms with Gasteiger partial charge in [0.05, 0.1) is 5.69 Å². The smallest absolute Gasteiger partial charge is 0.191 e. The molecule has 2 N–H and O–H groups in total. The molecule has 7 heteroatoms. The van der Waals surface area contributed by atoms with E-state index in [0.717, 1.165) is 63.6 Å². The molecule has 1 aromatic carbocycles. The molecule has 6 nitrogen and oxygen atoms in total. The highest BCUT2D eigenvalue weighted by Crippen LogP contribution is 2.18. The SMILES string of the molecule is CCNC(=NCCCN1CCc2ccccc2C1)NC(C)Cc1c(C)nn(C)c1C.I. The van der Waals surface area contributed by atoms with E-state index < -0.39 is 0 Å². The number of halogens is 1. The molecule has 0 radical (unpaired) electrons. The van der Waals surface area contributed by atoms with Gasteiger partial charge < -0.3 is 10.6 Å². The second kappa shape index (κ2) is 12.4. The van der Waals surface area contributed by atoms with Crippen LogP contribution in [0.4, 0.5) is 0 Å². The lowest BCUT2D eigenvalue weighted by Crippen LogP contribution is -2.43. The zero-order valence-electron chi connectivity index (χ0n) is 19.7. The van der Waals surface area contributed by atoms with Gasteiger partial charge in [-0.25, -0.2) is 0 Å². The van der Waals surface area contributed by atoms with Crippen molar-refractivity contribution < 1.29 is 0 Å². The van der Waals surface area contributed by atoms with Crippen LogP contribution in [0.3, 0.4) is 0 Å². The molecule has 1 aliphatic rings. The molecule has 0 fully saturated rings. The fraction of sp³-hybridized carbons (Fsp3) is 0.583. The Labute approximate surface area is 204 Å². The van der Waals surface area contributed by atoms with Gasteiger partial charge in [0.15, 0.2) is 5.96 Å². The third kappa shape index (κ3) is 7.20. The summed E-state index contributed by atoms with van der Waals surface area (Å²) in [6.07, 6.45) is 3.19. The molecule has 0 amide bonds. The number of aryl methyl sites for hydroxylation is 2. The van der Waals surface area contributed by atoms with Crippen molar-refractivity contribution in [1.29, 1.82) is 0 Å². The summed E-state index contributed by atoms with van der Waals surface area (Å²) in [7, 11) is 2.01. The van der Waals surface area contributed by atoms with E-state index in [1.807, 2.05) is 11.7 Å². The van der Waals surface area contributed by atoms with Crippen LogP contribution in [0.5, 0.6) is 0 Å². The van der Waals surface area contributed by atoms with Gasteiger partial charge in [-0.2, -0.15) is 5.10 Å². The third-order valence-electron chi connectivity index (χ3n) is 6.01. The largest absolute Gasteiger partial charge is 0.357 e. The average molecular weight is 539 g/mol. The number of aromatic nitrogens is 2. The van der Waals surface area contributed by atoms with Gasteiger partial charge in [-0.1, -0.05) is 24.3 Å². The Balaban J connectivity index is 0.00000341. The Kier molecular flexibility index (Phi) is 10.3. The normalized spacial score (nSPS) is 15.2. The van der Waals surface area contributed by atoms with Crippen LogP contribution in [-0.4, -0.2) is 52.9 Å². The van der Waals surface area contributed by atoms with Gasteiger partial charge in [-0.15, -0.1) is 24.0 Å². The van der Waals surface area contributed by atoms with Gasteiger partial charge in [0, 0.05) is 51.5 Å². The molecule has 2 aromatic rings. The Hall–Kier alpha value is -1.61. The summed E-state index contributed by atoms with van der Waals surface area (Å²) in [5.41, 5.74) is 6.69. The first-order valence-electron chi connectivity index (χ1n) is 11.3. The first-order chi connectivity index (χ1) is 14.5. The minimum atomic E-state index is 0. The van der Waals surface area contributed by atoms with Crippen molar-refractivity contribution in [3.05, 3.63) is 52.3 Å². The van der Waals surface area contributed by atoms with Gasteiger partial charge in [0.2, 0.25) is 0 Å². The molecule has 3 rings (SSSR count). The van der Waals surface area contributed by atoms with E-state index in [1.54, 1.807) is 0 Å². The number of guanidine groups is 1. The van der Waals surface area contributed by atoms with Gasteiger partial charge in [-0.3, -0.25) is 14.6 Å². The quantitative estimate of drug-likeness (QED) is 0.234. The van der Waals surface area contributed by atoms with E-state index >= 15 is 0 Å². The maximum Gasteiger partial charge on any atom is 0.191 e. The number of aliphatic imine (C=N–C) groups is 1. The zero-order chi connectivity index (χ0) is 21.5. The number of nitrogens with one attached hydrogen (secondary N) is 2. The maximum atomic E-state index is 4.82. The molecule has 0 aliphatic carbocycles. The van der Waals surface area contributed by atoms with Crippen molar-refractivity contribution in [2.45, 2.75) is 59.5 Å². The molecule has 2 heterocycles. The van der Waals surface area contributed by atoms with E-state index in [0.29, 0.717) is 6.04 Å². The van der Waals surface area contributed by atoms with Crippen molar-refractivity contribution in [2.24, 2.45) is 12.0 Å². The molecule has 0 bridgehead atoms. The standard InChI is InChI=1S/C24H38N6.HI/c1-6-25-24(27-18(2)16-23-19(3)28-29(5)20(23)4)26-13-9-14-30-15-12-21-10-7-8-11-22(21)17-30;/h7-8,10-11,18H,6,9,12-17H2,1-5H3,(H2,25,26,27);1H. The molecular weight excluding hydrogens is 499 g/mol. The number of nitrogens with zero attached hydrogens (tertiary/aromatic N) is 4. The summed E-state index contributed by atoms with van der Waals surface area (Å²) >= 11 is 0. The maximum absolute atomic E-state index is 4.82.